The number of hydrogen-bond donors (Lipinski definition) is 1. The summed E-state index contributed by atoms with van der Waals surface area (Å²) in [5, 5.41) is 12.5. The summed E-state index contributed by atoms with van der Waals surface area (Å²) in [6.07, 6.45) is -0.345. The van der Waals surface area contributed by atoms with E-state index in [1.165, 1.54) is 0 Å². The fourth-order valence-corrected chi connectivity index (χ4v) is 2.30. The van der Waals surface area contributed by atoms with Crippen LogP contribution in [0.25, 0.3) is 0 Å². The third-order valence-corrected chi connectivity index (χ3v) is 3.49. The van der Waals surface area contributed by atoms with Crippen molar-refractivity contribution in [3.63, 3.8) is 0 Å². The van der Waals surface area contributed by atoms with Gasteiger partial charge in [-0.1, -0.05) is 11.6 Å². The van der Waals surface area contributed by atoms with E-state index in [-0.39, 0.29) is 11.6 Å². The highest BCUT2D eigenvalue weighted by atomic mass is 35.5. The minimum Gasteiger partial charge on any atom is -0.444 e. The molecule has 0 heterocycles. The van der Waals surface area contributed by atoms with Gasteiger partial charge in [0.1, 0.15) is 5.60 Å². The Hall–Kier alpha value is -1.93. The van der Waals surface area contributed by atoms with Gasteiger partial charge in [-0.25, -0.2) is 4.79 Å². The first kappa shape index (κ1) is 20.1. The number of halogens is 1. The van der Waals surface area contributed by atoms with Gasteiger partial charge in [-0.15, -0.1) is 0 Å². The van der Waals surface area contributed by atoms with Gasteiger partial charge >= 0.3 is 6.09 Å². The van der Waals surface area contributed by atoms with Crippen molar-refractivity contribution < 1.29 is 9.53 Å². The fraction of sp³-hybridized carbons (Fsp3) is 0.556. The maximum atomic E-state index is 12.4. The summed E-state index contributed by atoms with van der Waals surface area (Å²) in [7, 11) is 0. The summed E-state index contributed by atoms with van der Waals surface area (Å²) in [6, 6.07) is 7.11. The highest BCUT2D eigenvalue weighted by Gasteiger charge is 2.30. The molecule has 6 heteroatoms. The van der Waals surface area contributed by atoms with Gasteiger partial charge in [-0.05, 0) is 59.7 Å². The normalized spacial score (nSPS) is 11.6. The van der Waals surface area contributed by atoms with Gasteiger partial charge < -0.3 is 15.0 Å². The van der Waals surface area contributed by atoms with Crippen molar-refractivity contribution >= 4 is 23.4 Å². The number of rotatable bonds is 4. The van der Waals surface area contributed by atoms with Crippen LogP contribution in [0.3, 0.4) is 0 Å². The zero-order valence-corrected chi connectivity index (χ0v) is 16.0. The minimum absolute atomic E-state index is 0.345. The quantitative estimate of drug-likeness (QED) is 0.856. The Morgan fingerprint density at radius 2 is 1.92 bits per heavy atom. The number of benzene rings is 1. The predicted octanol–water partition coefficient (Wildman–Crippen LogP) is 4.66. The summed E-state index contributed by atoms with van der Waals surface area (Å²) in [5.41, 5.74) is 0.340. The van der Waals surface area contributed by atoms with Crippen molar-refractivity contribution in [2.24, 2.45) is 0 Å². The molecule has 1 N–H and O–H groups in total. The number of amides is 1. The molecule has 0 bridgehead atoms. The Kier molecular flexibility index (Phi) is 6.50. The van der Waals surface area contributed by atoms with Crippen LogP contribution in [0.1, 0.15) is 47.1 Å². The molecule has 1 rings (SSSR count). The van der Waals surface area contributed by atoms with Gasteiger partial charge in [-0.2, -0.15) is 5.26 Å². The Labute approximate surface area is 149 Å². The lowest BCUT2D eigenvalue weighted by Crippen LogP contribution is -2.49. The average molecular weight is 352 g/mol. The lowest BCUT2D eigenvalue weighted by atomic mass is 10.1. The summed E-state index contributed by atoms with van der Waals surface area (Å²) < 4.78 is 5.48. The number of hydrogen-bond acceptors (Lipinski definition) is 4. The van der Waals surface area contributed by atoms with Crippen molar-refractivity contribution in [3.8, 4) is 6.07 Å². The molecule has 132 valence electrons. The zero-order chi connectivity index (χ0) is 18.5. The molecule has 0 aromatic heterocycles. The van der Waals surface area contributed by atoms with Crippen molar-refractivity contribution in [2.45, 2.75) is 52.7 Å². The van der Waals surface area contributed by atoms with E-state index < -0.39 is 5.60 Å². The predicted molar refractivity (Wildman–Crippen MR) is 97.3 cm³/mol. The molecule has 0 atom stereocenters. The molecule has 0 aliphatic carbocycles. The molecule has 0 spiro atoms. The van der Waals surface area contributed by atoms with E-state index in [1.807, 2.05) is 47.6 Å². The van der Waals surface area contributed by atoms with Crippen LogP contribution in [0.15, 0.2) is 18.2 Å². The van der Waals surface area contributed by atoms with Crippen molar-refractivity contribution in [3.05, 3.63) is 28.8 Å². The first-order valence-corrected chi connectivity index (χ1v) is 8.26. The van der Waals surface area contributed by atoms with E-state index >= 15 is 0 Å². The zero-order valence-electron chi connectivity index (χ0n) is 15.2. The first-order chi connectivity index (χ1) is 10.9. The van der Waals surface area contributed by atoms with Crippen LogP contribution in [-0.4, -0.2) is 35.2 Å². The summed E-state index contributed by atoms with van der Waals surface area (Å²) >= 11 is 6.14. The standard InChI is InChI=1S/C18H26ClN3O2/c1-17(2,3)22(16(23)24-18(4,5)6)10-9-21-15-8-7-13(12-20)11-14(15)19/h7-8,11,21H,9-10H2,1-6H3. The second-order valence-electron chi connectivity index (χ2n) is 7.54. The first-order valence-electron chi connectivity index (χ1n) is 7.88. The molecule has 0 radical (unpaired) electrons. The van der Waals surface area contributed by atoms with Crippen molar-refractivity contribution in [1.29, 1.82) is 5.26 Å². The monoisotopic (exact) mass is 351 g/mol. The lowest BCUT2D eigenvalue weighted by Gasteiger charge is -2.37. The number of nitriles is 1. The Morgan fingerprint density at radius 1 is 1.29 bits per heavy atom. The van der Waals surface area contributed by atoms with E-state index in [9.17, 15) is 4.79 Å². The van der Waals surface area contributed by atoms with E-state index in [4.69, 9.17) is 21.6 Å². The van der Waals surface area contributed by atoms with Gasteiger partial charge in [0.15, 0.2) is 0 Å². The molecule has 0 aliphatic rings. The molecule has 24 heavy (non-hydrogen) atoms. The van der Waals surface area contributed by atoms with Crippen LogP contribution in [0.4, 0.5) is 10.5 Å². The van der Waals surface area contributed by atoms with Crippen LogP contribution in [-0.2, 0) is 4.74 Å². The summed E-state index contributed by atoms with van der Waals surface area (Å²) in [4.78, 5) is 14.1. The molecule has 1 aromatic rings. The third-order valence-electron chi connectivity index (χ3n) is 3.17. The maximum Gasteiger partial charge on any atom is 0.410 e. The SMILES string of the molecule is CC(C)(C)OC(=O)N(CCNc1ccc(C#N)cc1Cl)C(C)(C)C. The van der Waals surface area contributed by atoms with Crippen LogP contribution in [0.5, 0.6) is 0 Å². The fourth-order valence-electron chi connectivity index (χ4n) is 2.05. The van der Waals surface area contributed by atoms with Gasteiger partial charge in [0, 0.05) is 18.6 Å². The van der Waals surface area contributed by atoms with E-state index in [0.717, 1.165) is 5.69 Å². The molecule has 1 aromatic carbocycles. The number of carbonyl (C=O) groups excluding carboxylic acids is 1. The molecule has 1 amide bonds. The van der Waals surface area contributed by atoms with E-state index in [1.54, 1.807) is 23.1 Å². The smallest absolute Gasteiger partial charge is 0.410 e. The summed E-state index contributed by atoms with van der Waals surface area (Å²) in [6.45, 7) is 12.4. The molecule has 0 fully saturated rings. The van der Waals surface area contributed by atoms with Crippen LogP contribution < -0.4 is 5.32 Å². The largest absolute Gasteiger partial charge is 0.444 e. The molecule has 0 saturated carbocycles. The molecule has 0 saturated heterocycles. The minimum atomic E-state index is -0.537. The van der Waals surface area contributed by atoms with Crippen LogP contribution in [0, 0.1) is 11.3 Å². The van der Waals surface area contributed by atoms with E-state index in [0.29, 0.717) is 23.7 Å². The lowest BCUT2D eigenvalue weighted by molar-refractivity contribution is 0.00749. The Morgan fingerprint density at radius 3 is 2.38 bits per heavy atom. The van der Waals surface area contributed by atoms with E-state index in [2.05, 4.69) is 5.32 Å². The number of carbonyl (C=O) groups is 1. The average Bonchev–Trinajstić information content (AvgIpc) is 2.41. The van der Waals surface area contributed by atoms with Crippen molar-refractivity contribution in [1.82, 2.24) is 4.90 Å². The van der Waals surface area contributed by atoms with Gasteiger partial charge in [0.25, 0.3) is 0 Å². The third kappa shape index (κ3) is 6.29. The highest BCUT2D eigenvalue weighted by Crippen LogP contribution is 2.23. The number of anilines is 1. The van der Waals surface area contributed by atoms with Gasteiger partial charge in [0.05, 0.1) is 22.3 Å². The highest BCUT2D eigenvalue weighted by molar-refractivity contribution is 6.33. The van der Waals surface area contributed by atoms with Crippen molar-refractivity contribution in [2.75, 3.05) is 18.4 Å². The number of ether oxygens (including phenoxy) is 1. The van der Waals surface area contributed by atoms with Crippen LogP contribution >= 0.6 is 11.6 Å². The molecular weight excluding hydrogens is 326 g/mol. The molecule has 0 aliphatic heterocycles. The topological polar surface area (TPSA) is 65.4 Å². The van der Waals surface area contributed by atoms with Gasteiger partial charge in [-0.3, -0.25) is 0 Å². The molecule has 5 nitrogen and oxygen atoms in total. The van der Waals surface area contributed by atoms with Crippen LogP contribution in [0.2, 0.25) is 5.02 Å². The molecular formula is C18H26ClN3O2. The maximum absolute atomic E-state index is 12.4. The molecule has 0 unspecified atom stereocenters. The number of nitrogens with zero attached hydrogens (tertiary/aromatic N) is 2. The van der Waals surface area contributed by atoms with Gasteiger partial charge in [0.2, 0.25) is 0 Å². The second-order valence-corrected chi connectivity index (χ2v) is 7.94. The Balaban J connectivity index is 2.73. The number of nitrogens with one attached hydrogen (secondary N) is 1. The second kappa shape index (κ2) is 7.76. The summed E-state index contributed by atoms with van der Waals surface area (Å²) in [5.74, 6) is 0. The Bertz CT molecular complexity index is 625.